The highest BCUT2D eigenvalue weighted by molar-refractivity contribution is 6.27. The van der Waals surface area contributed by atoms with Crippen molar-refractivity contribution in [2.24, 2.45) is 16.0 Å². The lowest BCUT2D eigenvalue weighted by Crippen LogP contribution is -2.30. The molecule has 1 aromatic heterocycles. The van der Waals surface area contributed by atoms with Crippen molar-refractivity contribution in [3.05, 3.63) is 80.4 Å². The van der Waals surface area contributed by atoms with E-state index in [0.29, 0.717) is 5.92 Å². The number of hydrazone groups is 1. The zero-order chi connectivity index (χ0) is 26.4. The SMILES string of the molecule is CC1=N/C(=C(\C)c2[nH]c(C)cc2C)C(C)=C1c1ccc(C2=NNC(C)=C3CCC(O)CCCC23)cc1C. The number of aliphatic hydroxyl groups excluding tert-OH is 1. The van der Waals surface area contributed by atoms with Crippen LogP contribution < -0.4 is 5.43 Å². The molecule has 0 radical (unpaired) electrons. The summed E-state index contributed by atoms with van der Waals surface area (Å²) in [4.78, 5) is 8.55. The van der Waals surface area contributed by atoms with Crippen LogP contribution in [0.4, 0.5) is 0 Å². The minimum Gasteiger partial charge on any atom is -0.393 e. The normalized spacial score (nSPS) is 23.8. The van der Waals surface area contributed by atoms with Gasteiger partial charge in [-0.25, -0.2) is 0 Å². The molecule has 2 unspecified atom stereocenters. The van der Waals surface area contributed by atoms with E-state index in [0.717, 1.165) is 54.9 Å². The molecule has 1 saturated carbocycles. The molecule has 1 fully saturated rings. The van der Waals surface area contributed by atoms with Crippen molar-refractivity contribution in [2.75, 3.05) is 0 Å². The lowest BCUT2D eigenvalue weighted by molar-refractivity contribution is 0.145. The van der Waals surface area contributed by atoms with Crippen molar-refractivity contribution in [2.45, 2.75) is 86.7 Å². The molecule has 5 rings (SSSR count). The van der Waals surface area contributed by atoms with Crippen LogP contribution in [0.5, 0.6) is 0 Å². The zero-order valence-corrected chi connectivity index (χ0v) is 23.3. The van der Waals surface area contributed by atoms with Crippen LogP contribution in [-0.2, 0) is 0 Å². The molecule has 2 aromatic rings. The summed E-state index contributed by atoms with van der Waals surface area (Å²) >= 11 is 0. The first-order valence-corrected chi connectivity index (χ1v) is 13.6. The topological polar surface area (TPSA) is 72.8 Å². The number of aromatic amines is 1. The number of hydrogen-bond acceptors (Lipinski definition) is 4. The maximum absolute atomic E-state index is 10.2. The van der Waals surface area contributed by atoms with Gasteiger partial charge in [0.15, 0.2) is 0 Å². The molecule has 0 saturated heterocycles. The molecule has 3 heterocycles. The van der Waals surface area contributed by atoms with E-state index in [-0.39, 0.29) is 6.10 Å². The number of nitrogens with zero attached hydrogens (tertiary/aromatic N) is 2. The van der Waals surface area contributed by atoms with E-state index >= 15 is 0 Å². The number of allylic oxidation sites excluding steroid dienone is 5. The molecule has 37 heavy (non-hydrogen) atoms. The van der Waals surface area contributed by atoms with Gasteiger partial charge in [0.1, 0.15) is 0 Å². The van der Waals surface area contributed by atoms with Crippen molar-refractivity contribution >= 4 is 22.6 Å². The Morgan fingerprint density at radius 3 is 2.46 bits per heavy atom. The van der Waals surface area contributed by atoms with Gasteiger partial charge in [0.2, 0.25) is 0 Å². The summed E-state index contributed by atoms with van der Waals surface area (Å²) in [6.45, 7) is 15.1. The highest BCUT2D eigenvalue weighted by atomic mass is 16.3. The van der Waals surface area contributed by atoms with Crippen molar-refractivity contribution in [1.29, 1.82) is 0 Å². The Bertz CT molecular complexity index is 1410. The molecule has 0 bridgehead atoms. The second-order valence-electron chi connectivity index (χ2n) is 11.1. The number of aryl methyl sites for hydroxylation is 3. The lowest BCUT2D eigenvalue weighted by Gasteiger charge is -2.31. The molecule has 3 aliphatic rings. The molecule has 3 N–H and O–H groups in total. The third kappa shape index (κ3) is 4.66. The Balaban J connectivity index is 1.50. The van der Waals surface area contributed by atoms with Crippen molar-refractivity contribution in [3.8, 4) is 0 Å². The molecule has 2 atom stereocenters. The quantitative estimate of drug-likeness (QED) is 0.422. The number of fused-ring (bicyclic) bond motifs is 1. The van der Waals surface area contributed by atoms with Gasteiger partial charge in [0.25, 0.3) is 0 Å². The fourth-order valence-electron chi connectivity index (χ4n) is 6.48. The van der Waals surface area contributed by atoms with Gasteiger partial charge in [-0.15, -0.1) is 0 Å². The number of aliphatic imine (C=N–C) groups is 1. The van der Waals surface area contributed by atoms with Crippen LogP contribution in [0.3, 0.4) is 0 Å². The predicted molar refractivity (Wildman–Crippen MR) is 155 cm³/mol. The Kier molecular flexibility index (Phi) is 6.84. The first-order valence-electron chi connectivity index (χ1n) is 13.6. The van der Waals surface area contributed by atoms with E-state index in [1.54, 1.807) is 0 Å². The Morgan fingerprint density at radius 2 is 1.76 bits per heavy atom. The van der Waals surface area contributed by atoms with Crippen molar-refractivity contribution < 1.29 is 5.11 Å². The maximum Gasteiger partial charge on any atom is 0.0751 e. The molecule has 1 aromatic carbocycles. The summed E-state index contributed by atoms with van der Waals surface area (Å²) in [6.07, 6.45) is 4.51. The first-order chi connectivity index (χ1) is 17.7. The number of hydrogen-bond donors (Lipinski definition) is 3. The van der Waals surface area contributed by atoms with Crippen LogP contribution in [0.1, 0.15) is 93.4 Å². The van der Waals surface area contributed by atoms with Gasteiger partial charge in [0, 0.05) is 34.3 Å². The van der Waals surface area contributed by atoms with Crippen molar-refractivity contribution in [1.82, 2.24) is 10.4 Å². The molecule has 2 aliphatic heterocycles. The van der Waals surface area contributed by atoms with Gasteiger partial charge in [-0.1, -0.05) is 12.1 Å². The van der Waals surface area contributed by atoms with Crippen LogP contribution in [0, 0.1) is 26.7 Å². The van der Waals surface area contributed by atoms with E-state index in [1.165, 1.54) is 55.9 Å². The summed E-state index contributed by atoms with van der Waals surface area (Å²) in [5.41, 5.74) is 20.0. The average Bonchev–Trinajstić information content (AvgIpc) is 3.33. The average molecular weight is 497 g/mol. The molecule has 194 valence electrons. The van der Waals surface area contributed by atoms with E-state index in [2.05, 4.69) is 83.1 Å². The molecule has 5 heteroatoms. The van der Waals surface area contributed by atoms with E-state index in [4.69, 9.17) is 10.1 Å². The van der Waals surface area contributed by atoms with Crippen LogP contribution in [-0.4, -0.2) is 27.6 Å². The highest BCUT2D eigenvalue weighted by Crippen LogP contribution is 2.39. The smallest absolute Gasteiger partial charge is 0.0751 e. The fourth-order valence-corrected chi connectivity index (χ4v) is 6.48. The third-order valence-electron chi connectivity index (χ3n) is 8.40. The number of rotatable bonds is 3. The zero-order valence-electron chi connectivity index (χ0n) is 23.3. The minimum absolute atomic E-state index is 0.189. The number of H-pyrrole nitrogens is 1. The summed E-state index contributed by atoms with van der Waals surface area (Å²) in [6, 6.07) is 8.97. The van der Waals surface area contributed by atoms with E-state index in [9.17, 15) is 5.11 Å². The molecular formula is C32H40N4O. The maximum atomic E-state index is 10.2. The lowest BCUT2D eigenvalue weighted by atomic mass is 9.78. The summed E-state index contributed by atoms with van der Waals surface area (Å²) in [5, 5.41) is 15.1. The summed E-state index contributed by atoms with van der Waals surface area (Å²) < 4.78 is 0. The minimum atomic E-state index is -0.189. The Hall–Kier alpha value is -3.18. The Labute approximate surface area is 221 Å². The van der Waals surface area contributed by atoms with E-state index < -0.39 is 0 Å². The van der Waals surface area contributed by atoms with Crippen LogP contribution >= 0.6 is 0 Å². The standard InChI is InChI=1S/C32H40N4O/c1-17-16-24(32-28-10-8-9-25(37)12-14-27(28)22(6)35-36-32)11-13-26(17)29-20(4)31(34-23(29)7)21(5)30-18(2)15-19(3)33-30/h11,13,15-16,25,28,33,35,37H,8-10,12,14H2,1-7H3/b31-21+. The van der Waals surface area contributed by atoms with Crippen LogP contribution in [0.15, 0.2) is 56.9 Å². The first kappa shape index (κ1) is 25.5. The number of aromatic nitrogens is 1. The molecule has 1 aliphatic carbocycles. The predicted octanol–water partition coefficient (Wildman–Crippen LogP) is 7.14. The van der Waals surface area contributed by atoms with Gasteiger partial charge in [0.05, 0.1) is 17.5 Å². The van der Waals surface area contributed by atoms with Gasteiger partial charge < -0.3 is 10.1 Å². The fraction of sp³-hybridized carbons (Fsp3) is 0.438. The summed E-state index contributed by atoms with van der Waals surface area (Å²) in [5.74, 6) is 0.319. The Morgan fingerprint density at radius 1 is 0.973 bits per heavy atom. The monoisotopic (exact) mass is 496 g/mol. The largest absolute Gasteiger partial charge is 0.393 e. The second kappa shape index (κ2) is 9.94. The highest BCUT2D eigenvalue weighted by Gasteiger charge is 2.30. The van der Waals surface area contributed by atoms with Gasteiger partial charge in [-0.2, -0.15) is 5.10 Å². The van der Waals surface area contributed by atoms with E-state index in [1.807, 2.05) is 0 Å². The number of nitrogens with one attached hydrogen (secondary N) is 2. The number of benzene rings is 1. The number of aliphatic hydroxyl groups is 1. The molecule has 0 amide bonds. The van der Waals surface area contributed by atoms with Crippen molar-refractivity contribution in [3.63, 3.8) is 0 Å². The third-order valence-corrected chi connectivity index (χ3v) is 8.40. The van der Waals surface area contributed by atoms with Crippen LogP contribution in [0.25, 0.3) is 11.1 Å². The molecule has 5 nitrogen and oxygen atoms in total. The molecule has 0 spiro atoms. The van der Waals surface area contributed by atoms with Gasteiger partial charge in [-0.3, -0.25) is 10.4 Å². The van der Waals surface area contributed by atoms with Gasteiger partial charge in [-0.05, 0) is 132 Å². The van der Waals surface area contributed by atoms with Crippen LogP contribution in [0.2, 0.25) is 0 Å². The second-order valence-corrected chi connectivity index (χ2v) is 11.1. The molecular weight excluding hydrogens is 456 g/mol. The summed E-state index contributed by atoms with van der Waals surface area (Å²) in [7, 11) is 0. The van der Waals surface area contributed by atoms with Gasteiger partial charge >= 0.3 is 0 Å².